The molecule has 0 aliphatic rings. The molecule has 0 bridgehead atoms. The quantitative estimate of drug-likeness (QED) is 0.478. The van der Waals surface area contributed by atoms with Gasteiger partial charge in [0.05, 0.1) is 0 Å². The Kier molecular flexibility index (Phi) is 3.88. The summed E-state index contributed by atoms with van der Waals surface area (Å²) in [6.07, 6.45) is 3.09. The highest BCUT2D eigenvalue weighted by Crippen LogP contribution is 2.02. The molecule has 0 fully saturated rings. The van der Waals surface area contributed by atoms with Crippen molar-refractivity contribution in [3.63, 3.8) is 0 Å². The number of carbonyl (C=O) groups is 1. The van der Waals surface area contributed by atoms with Gasteiger partial charge in [-0.25, -0.2) is 0 Å². The molecule has 0 spiro atoms. The first-order valence-corrected chi connectivity index (χ1v) is 3.31. The maximum absolute atomic E-state index is 11.0. The molecule has 0 N–H and O–H groups in total. The van der Waals surface area contributed by atoms with Gasteiger partial charge in [0, 0.05) is 11.8 Å². The van der Waals surface area contributed by atoms with Crippen LogP contribution in [0, 0.1) is 0 Å². The molecule has 0 atom stereocenters. The Morgan fingerprint density at radius 3 is 2.50 bits per heavy atom. The van der Waals surface area contributed by atoms with E-state index in [4.69, 9.17) is 0 Å². The molecule has 0 unspecified atom stereocenters. The van der Waals surface area contributed by atoms with Gasteiger partial charge in [-0.05, 0) is 13.8 Å². The van der Waals surface area contributed by atoms with E-state index < -0.39 is 0 Å². The van der Waals surface area contributed by atoms with Crippen molar-refractivity contribution in [2.75, 3.05) is 0 Å². The number of nitrogens with zero attached hydrogens (tertiary/aromatic N) is 1. The monoisotopic (exact) mass is 157 g/mol. The lowest BCUT2D eigenvalue weighted by atomic mass is 10.3. The van der Waals surface area contributed by atoms with Gasteiger partial charge in [-0.1, -0.05) is 25.5 Å². The lowest BCUT2D eigenvalue weighted by Crippen LogP contribution is -2.15. The van der Waals surface area contributed by atoms with E-state index in [1.807, 2.05) is 0 Å². The third-order valence-electron chi connectivity index (χ3n) is 1.15. The van der Waals surface area contributed by atoms with Crippen molar-refractivity contribution in [1.82, 2.24) is 4.31 Å². The first-order chi connectivity index (χ1) is 4.63. The van der Waals surface area contributed by atoms with Crippen molar-refractivity contribution in [3.05, 3.63) is 24.4 Å². The van der Waals surface area contributed by atoms with Crippen LogP contribution in [0.4, 0.5) is 0 Å². The van der Waals surface area contributed by atoms with Crippen molar-refractivity contribution >= 4 is 18.7 Å². The van der Waals surface area contributed by atoms with Crippen LogP contribution in [0.2, 0.25) is 0 Å². The molecule has 3 heteroatoms. The van der Waals surface area contributed by atoms with Crippen LogP contribution >= 0.6 is 12.8 Å². The summed E-state index contributed by atoms with van der Waals surface area (Å²) in [6.45, 7) is 6.93. The third kappa shape index (κ3) is 2.27. The number of rotatable bonds is 2. The van der Waals surface area contributed by atoms with Crippen molar-refractivity contribution in [2.24, 2.45) is 0 Å². The number of amides is 1. The zero-order valence-corrected chi connectivity index (χ0v) is 7.06. The average molecular weight is 157 g/mol. The van der Waals surface area contributed by atoms with Gasteiger partial charge < -0.3 is 0 Å². The van der Waals surface area contributed by atoms with E-state index >= 15 is 0 Å². The largest absolute Gasteiger partial charge is 0.268 e. The molecule has 0 radical (unpaired) electrons. The Balaban J connectivity index is 4.22. The minimum absolute atomic E-state index is 0.138. The summed E-state index contributed by atoms with van der Waals surface area (Å²) < 4.78 is 1.15. The molecule has 0 saturated carbocycles. The molecule has 2 nitrogen and oxygen atoms in total. The molecule has 0 heterocycles. The van der Waals surface area contributed by atoms with Gasteiger partial charge in [0.15, 0.2) is 0 Å². The molecule has 0 aliphatic carbocycles. The highest BCUT2D eigenvalue weighted by molar-refractivity contribution is 7.78. The van der Waals surface area contributed by atoms with Gasteiger partial charge in [0.1, 0.15) is 0 Å². The predicted octanol–water partition coefficient (Wildman–Crippen LogP) is 1.77. The first-order valence-electron chi connectivity index (χ1n) is 2.91. The molecular weight excluding hydrogens is 146 g/mol. The molecule has 1 amide bonds. The van der Waals surface area contributed by atoms with E-state index in [-0.39, 0.29) is 5.91 Å². The van der Waals surface area contributed by atoms with Crippen LogP contribution in [0.3, 0.4) is 0 Å². The van der Waals surface area contributed by atoms with Crippen LogP contribution in [0.5, 0.6) is 0 Å². The van der Waals surface area contributed by atoms with Crippen molar-refractivity contribution in [1.29, 1.82) is 0 Å². The van der Waals surface area contributed by atoms with Gasteiger partial charge in [0.25, 0.3) is 5.91 Å². The van der Waals surface area contributed by atoms with Crippen LogP contribution in [0.1, 0.15) is 13.8 Å². The SMILES string of the molecule is C=CN(S)C(=O)/C(C)=C\C. The van der Waals surface area contributed by atoms with Gasteiger partial charge in [-0.3, -0.25) is 9.10 Å². The number of thiol groups is 1. The molecule has 0 rings (SSSR count). The Labute approximate surface area is 66.8 Å². The maximum Gasteiger partial charge on any atom is 0.262 e. The predicted molar refractivity (Wildman–Crippen MR) is 45.5 cm³/mol. The van der Waals surface area contributed by atoms with Crippen molar-refractivity contribution in [2.45, 2.75) is 13.8 Å². The lowest BCUT2D eigenvalue weighted by Gasteiger charge is -2.08. The van der Waals surface area contributed by atoms with Crippen LogP contribution in [-0.4, -0.2) is 10.2 Å². The van der Waals surface area contributed by atoms with Crippen LogP contribution in [-0.2, 0) is 4.79 Å². The molecular formula is C7H11NOS. The Hall–Kier alpha value is -0.700. The Morgan fingerprint density at radius 2 is 2.20 bits per heavy atom. The number of allylic oxidation sites excluding steroid dienone is 1. The highest BCUT2D eigenvalue weighted by atomic mass is 32.1. The zero-order chi connectivity index (χ0) is 8.15. The average Bonchev–Trinajstić information content (AvgIpc) is 2.00. The Bertz CT molecular complexity index is 174. The fraction of sp³-hybridized carbons (Fsp3) is 0.286. The molecule has 0 aromatic heterocycles. The summed E-state index contributed by atoms with van der Waals surface area (Å²) in [5.74, 6) is -0.138. The zero-order valence-electron chi connectivity index (χ0n) is 6.16. The molecule has 0 saturated heterocycles. The van der Waals surface area contributed by atoms with Crippen molar-refractivity contribution in [3.8, 4) is 0 Å². The van der Waals surface area contributed by atoms with E-state index in [0.29, 0.717) is 5.57 Å². The standard InChI is InChI=1S/C7H11NOS/c1-4-6(3)7(9)8(10)5-2/h4-5,10H,2H2,1,3H3/b6-4-. The van der Waals surface area contributed by atoms with Gasteiger partial charge in [-0.2, -0.15) is 0 Å². The summed E-state index contributed by atoms with van der Waals surface area (Å²) in [6, 6.07) is 0. The van der Waals surface area contributed by atoms with Crippen LogP contribution in [0.15, 0.2) is 24.4 Å². The first kappa shape index (κ1) is 9.30. The molecule has 0 aliphatic heterocycles. The smallest absolute Gasteiger partial charge is 0.262 e. The summed E-state index contributed by atoms with van der Waals surface area (Å²) in [4.78, 5) is 11.0. The fourth-order valence-corrected chi connectivity index (χ4v) is 0.545. The number of hydrogen-bond acceptors (Lipinski definition) is 2. The second-order valence-electron chi connectivity index (χ2n) is 1.80. The van der Waals surface area contributed by atoms with Gasteiger partial charge >= 0.3 is 0 Å². The van der Waals surface area contributed by atoms with E-state index in [0.717, 1.165) is 4.31 Å². The second kappa shape index (κ2) is 4.17. The maximum atomic E-state index is 11.0. The minimum Gasteiger partial charge on any atom is -0.268 e. The van der Waals surface area contributed by atoms with Crippen LogP contribution < -0.4 is 0 Å². The van der Waals surface area contributed by atoms with E-state index in [9.17, 15) is 4.79 Å². The van der Waals surface area contributed by atoms with Gasteiger partial charge in [-0.15, -0.1) is 0 Å². The summed E-state index contributed by atoms with van der Waals surface area (Å²) >= 11 is 3.84. The second-order valence-corrected chi connectivity index (χ2v) is 2.23. The lowest BCUT2D eigenvalue weighted by molar-refractivity contribution is -0.120. The van der Waals surface area contributed by atoms with Crippen molar-refractivity contribution < 1.29 is 4.79 Å². The Morgan fingerprint density at radius 1 is 1.70 bits per heavy atom. The molecule has 56 valence electrons. The summed E-state index contributed by atoms with van der Waals surface area (Å²) in [7, 11) is 0. The number of hydrogen-bond donors (Lipinski definition) is 1. The molecule has 10 heavy (non-hydrogen) atoms. The van der Waals surface area contributed by atoms with E-state index in [2.05, 4.69) is 19.4 Å². The summed E-state index contributed by atoms with van der Waals surface area (Å²) in [5.41, 5.74) is 0.662. The number of carbonyl (C=O) groups excluding carboxylic acids is 1. The summed E-state index contributed by atoms with van der Waals surface area (Å²) in [5, 5.41) is 0. The van der Waals surface area contributed by atoms with E-state index in [1.165, 1.54) is 6.20 Å². The normalized spacial score (nSPS) is 10.9. The topological polar surface area (TPSA) is 20.3 Å². The molecule has 0 aromatic rings. The molecule has 0 aromatic carbocycles. The highest BCUT2D eigenvalue weighted by Gasteiger charge is 2.06. The fourth-order valence-electron chi connectivity index (χ4n) is 0.387. The third-order valence-corrected chi connectivity index (χ3v) is 1.50. The van der Waals surface area contributed by atoms with E-state index in [1.54, 1.807) is 19.9 Å². The van der Waals surface area contributed by atoms with Crippen LogP contribution in [0.25, 0.3) is 0 Å². The van der Waals surface area contributed by atoms with Gasteiger partial charge in [0.2, 0.25) is 0 Å². The minimum atomic E-state index is -0.138.